The Hall–Kier alpha value is -0.840. The summed E-state index contributed by atoms with van der Waals surface area (Å²) in [5, 5.41) is 4.27. The van der Waals surface area contributed by atoms with Gasteiger partial charge < -0.3 is 4.74 Å². The molecule has 0 aromatic carbocycles. The summed E-state index contributed by atoms with van der Waals surface area (Å²) in [5.74, 6) is -0.289. The van der Waals surface area contributed by atoms with E-state index in [0.717, 1.165) is 16.6 Å². The molecular weight excluding hydrogens is 248 g/mol. The second-order valence-electron chi connectivity index (χ2n) is 2.96. The first-order valence-corrected chi connectivity index (χ1v) is 5.20. The molecule has 1 aromatic heterocycles. The normalized spacial score (nSPS) is 12.6. The molecule has 1 rings (SSSR count). The average Bonchev–Trinajstić information content (AvgIpc) is 2.57. The van der Waals surface area contributed by atoms with E-state index in [4.69, 9.17) is 0 Å². The van der Waals surface area contributed by atoms with Crippen LogP contribution in [0.5, 0.6) is 0 Å². The molecule has 1 atom stereocenters. The Kier molecular flexibility index (Phi) is 3.69. The largest absolute Gasteiger partial charge is 0.467 e. The molecule has 0 amide bonds. The molecule has 0 aliphatic heterocycles. The maximum absolute atomic E-state index is 11.2. The molecule has 0 spiro atoms. The van der Waals surface area contributed by atoms with Gasteiger partial charge in [-0.15, -0.1) is 0 Å². The zero-order valence-corrected chi connectivity index (χ0v) is 10.0. The summed E-state index contributed by atoms with van der Waals surface area (Å²) in [6.07, 6.45) is 2.63. The molecule has 1 unspecified atom stereocenters. The molecule has 5 heteroatoms. The highest BCUT2D eigenvalue weighted by Gasteiger charge is 2.17. The van der Waals surface area contributed by atoms with Gasteiger partial charge in [-0.25, -0.2) is 4.79 Å². The van der Waals surface area contributed by atoms with E-state index >= 15 is 0 Å². The van der Waals surface area contributed by atoms with Crippen LogP contribution in [-0.4, -0.2) is 22.9 Å². The van der Waals surface area contributed by atoms with Gasteiger partial charge in [0.25, 0.3) is 0 Å². The van der Waals surface area contributed by atoms with Crippen LogP contribution >= 0.6 is 15.9 Å². The van der Waals surface area contributed by atoms with Gasteiger partial charge in [-0.3, -0.25) is 4.68 Å². The van der Waals surface area contributed by atoms with Gasteiger partial charge in [0, 0.05) is 6.20 Å². The highest BCUT2D eigenvalue weighted by molar-refractivity contribution is 9.10. The number of carbonyl (C=O) groups excluding carboxylic acids is 1. The Morgan fingerprint density at radius 1 is 1.79 bits per heavy atom. The molecule has 1 heterocycles. The smallest absolute Gasteiger partial charge is 0.330 e. The second kappa shape index (κ2) is 4.59. The molecule has 0 aliphatic carbocycles. The van der Waals surface area contributed by atoms with Crippen molar-refractivity contribution in [1.29, 1.82) is 0 Å². The SMILES string of the molecule is CCc1nn(C(C)C(=O)OC)cc1Br. The van der Waals surface area contributed by atoms with Crippen LogP contribution in [0.25, 0.3) is 0 Å². The Balaban J connectivity index is 2.90. The van der Waals surface area contributed by atoms with Gasteiger partial charge in [0.15, 0.2) is 0 Å². The first-order valence-electron chi connectivity index (χ1n) is 4.41. The summed E-state index contributed by atoms with van der Waals surface area (Å²) >= 11 is 3.38. The number of methoxy groups -OCH3 is 1. The summed E-state index contributed by atoms with van der Waals surface area (Å²) in [6, 6.07) is -0.378. The van der Waals surface area contributed by atoms with E-state index in [1.165, 1.54) is 7.11 Å². The van der Waals surface area contributed by atoms with Crippen molar-refractivity contribution in [3.8, 4) is 0 Å². The van der Waals surface area contributed by atoms with Crippen molar-refractivity contribution >= 4 is 21.9 Å². The molecule has 0 N–H and O–H groups in total. The van der Waals surface area contributed by atoms with E-state index in [2.05, 4.69) is 25.8 Å². The molecule has 14 heavy (non-hydrogen) atoms. The highest BCUT2D eigenvalue weighted by atomic mass is 79.9. The van der Waals surface area contributed by atoms with Crippen LogP contribution in [-0.2, 0) is 16.0 Å². The number of hydrogen-bond acceptors (Lipinski definition) is 3. The van der Waals surface area contributed by atoms with Crippen molar-refractivity contribution < 1.29 is 9.53 Å². The summed E-state index contributed by atoms with van der Waals surface area (Å²) in [5.41, 5.74) is 0.945. The number of ether oxygens (including phenoxy) is 1. The summed E-state index contributed by atoms with van der Waals surface area (Å²) in [6.45, 7) is 3.77. The van der Waals surface area contributed by atoms with E-state index in [1.807, 2.05) is 6.92 Å². The second-order valence-corrected chi connectivity index (χ2v) is 3.81. The average molecular weight is 261 g/mol. The fourth-order valence-corrected chi connectivity index (χ4v) is 1.69. The van der Waals surface area contributed by atoms with Crippen LogP contribution in [0.15, 0.2) is 10.7 Å². The maximum Gasteiger partial charge on any atom is 0.330 e. The van der Waals surface area contributed by atoms with Crippen LogP contribution < -0.4 is 0 Å². The predicted molar refractivity (Wildman–Crippen MR) is 56.0 cm³/mol. The molecule has 0 saturated heterocycles. The third kappa shape index (κ3) is 2.15. The Morgan fingerprint density at radius 3 is 2.86 bits per heavy atom. The van der Waals surface area contributed by atoms with Crippen molar-refractivity contribution in [3.63, 3.8) is 0 Å². The lowest BCUT2D eigenvalue weighted by molar-refractivity contribution is -0.144. The van der Waals surface area contributed by atoms with Crippen molar-refractivity contribution in [2.24, 2.45) is 0 Å². The lowest BCUT2D eigenvalue weighted by atomic mass is 10.3. The molecule has 1 aromatic rings. The fraction of sp³-hybridized carbons (Fsp3) is 0.556. The third-order valence-corrected chi connectivity index (χ3v) is 2.69. The molecule has 0 bridgehead atoms. The Morgan fingerprint density at radius 2 is 2.43 bits per heavy atom. The van der Waals surface area contributed by atoms with Gasteiger partial charge in [0.1, 0.15) is 6.04 Å². The van der Waals surface area contributed by atoms with Gasteiger partial charge in [-0.2, -0.15) is 5.10 Å². The molecule has 0 saturated carbocycles. The number of aromatic nitrogens is 2. The summed E-state index contributed by atoms with van der Waals surface area (Å²) in [7, 11) is 1.37. The molecule has 0 fully saturated rings. The number of aryl methyl sites for hydroxylation is 1. The van der Waals surface area contributed by atoms with E-state index in [-0.39, 0.29) is 12.0 Å². The molecule has 0 aliphatic rings. The van der Waals surface area contributed by atoms with E-state index in [1.54, 1.807) is 17.8 Å². The quantitative estimate of drug-likeness (QED) is 0.781. The zero-order valence-electron chi connectivity index (χ0n) is 8.45. The van der Waals surface area contributed by atoms with E-state index in [0.29, 0.717) is 0 Å². The van der Waals surface area contributed by atoms with Crippen LogP contribution in [0.1, 0.15) is 25.6 Å². The number of rotatable bonds is 3. The minimum atomic E-state index is -0.378. The summed E-state index contributed by atoms with van der Waals surface area (Å²) in [4.78, 5) is 11.2. The van der Waals surface area contributed by atoms with Crippen molar-refractivity contribution in [1.82, 2.24) is 9.78 Å². The minimum Gasteiger partial charge on any atom is -0.467 e. The minimum absolute atomic E-state index is 0.289. The number of halogens is 1. The number of carbonyl (C=O) groups is 1. The highest BCUT2D eigenvalue weighted by Crippen LogP contribution is 2.18. The number of nitrogens with zero attached hydrogens (tertiary/aromatic N) is 2. The standard InChI is InChI=1S/C9H13BrN2O2/c1-4-8-7(10)5-12(11-8)6(2)9(13)14-3/h5-6H,4H2,1-3H3. The topological polar surface area (TPSA) is 44.1 Å². The fourth-order valence-electron chi connectivity index (χ4n) is 1.12. The Bertz CT molecular complexity index is 336. The first-order chi connectivity index (χ1) is 6.60. The molecule has 0 radical (unpaired) electrons. The molecular formula is C9H13BrN2O2. The van der Waals surface area contributed by atoms with Crippen LogP contribution in [0.3, 0.4) is 0 Å². The van der Waals surface area contributed by atoms with Gasteiger partial charge in [0.05, 0.1) is 17.3 Å². The molecule has 78 valence electrons. The van der Waals surface area contributed by atoms with E-state index in [9.17, 15) is 4.79 Å². The molecule has 4 nitrogen and oxygen atoms in total. The van der Waals surface area contributed by atoms with Gasteiger partial charge >= 0.3 is 5.97 Å². The maximum atomic E-state index is 11.2. The van der Waals surface area contributed by atoms with Crippen LogP contribution in [0.2, 0.25) is 0 Å². The monoisotopic (exact) mass is 260 g/mol. The van der Waals surface area contributed by atoms with Crippen LogP contribution in [0.4, 0.5) is 0 Å². The van der Waals surface area contributed by atoms with Crippen LogP contribution in [0, 0.1) is 0 Å². The van der Waals surface area contributed by atoms with Gasteiger partial charge in [-0.1, -0.05) is 6.92 Å². The summed E-state index contributed by atoms with van der Waals surface area (Å²) < 4.78 is 7.17. The third-order valence-electron chi connectivity index (χ3n) is 2.03. The van der Waals surface area contributed by atoms with E-state index < -0.39 is 0 Å². The first kappa shape index (κ1) is 11.2. The van der Waals surface area contributed by atoms with Crippen molar-refractivity contribution in [2.45, 2.75) is 26.3 Å². The number of esters is 1. The zero-order chi connectivity index (χ0) is 10.7. The lowest BCUT2D eigenvalue weighted by Crippen LogP contribution is -2.18. The van der Waals surface area contributed by atoms with Crippen molar-refractivity contribution in [2.75, 3.05) is 7.11 Å². The van der Waals surface area contributed by atoms with Crippen molar-refractivity contribution in [3.05, 3.63) is 16.4 Å². The Labute approximate surface area is 91.4 Å². The van der Waals surface area contributed by atoms with Gasteiger partial charge in [0.2, 0.25) is 0 Å². The lowest BCUT2D eigenvalue weighted by Gasteiger charge is -2.08. The predicted octanol–water partition coefficient (Wildman–Crippen LogP) is 1.94. The van der Waals surface area contributed by atoms with Gasteiger partial charge in [-0.05, 0) is 29.3 Å². The number of hydrogen-bond donors (Lipinski definition) is 0.